The molecule has 7 heteroatoms. The van der Waals surface area contributed by atoms with Crippen molar-refractivity contribution in [1.82, 2.24) is 10.6 Å². The number of hydrogen-bond acceptors (Lipinski definition) is 4. The predicted octanol–water partition coefficient (Wildman–Crippen LogP) is -0.789. The molecule has 1 saturated carbocycles. The van der Waals surface area contributed by atoms with Crippen LogP contribution in [0.1, 0.15) is 32.1 Å². The molecular weight excluding hydrogens is 250 g/mol. The number of aliphatic carboxylic acids is 1. The third-order valence-electron chi connectivity index (χ3n) is 3.34. The third kappa shape index (κ3) is 5.25. The van der Waals surface area contributed by atoms with Gasteiger partial charge in [0.15, 0.2) is 0 Å². The Kier molecular flexibility index (Phi) is 6.27. The van der Waals surface area contributed by atoms with Crippen LogP contribution in [0.2, 0.25) is 0 Å². The number of carbonyl (C=O) groups excluding carboxylic acids is 2. The lowest BCUT2D eigenvalue weighted by Crippen LogP contribution is -2.50. The van der Waals surface area contributed by atoms with Gasteiger partial charge in [-0.1, -0.05) is 19.3 Å². The summed E-state index contributed by atoms with van der Waals surface area (Å²) in [6.45, 7) is -0.440. The fourth-order valence-electron chi connectivity index (χ4n) is 2.32. The zero-order valence-corrected chi connectivity index (χ0v) is 10.9. The Labute approximate surface area is 111 Å². The van der Waals surface area contributed by atoms with Crippen LogP contribution in [0.5, 0.6) is 0 Å². The van der Waals surface area contributed by atoms with Crippen LogP contribution in [0.15, 0.2) is 0 Å². The quantitative estimate of drug-likeness (QED) is 0.504. The van der Waals surface area contributed by atoms with Gasteiger partial charge in [-0.15, -0.1) is 0 Å². The zero-order chi connectivity index (χ0) is 14.3. The van der Waals surface area contributed by atoms with Crippen LogP contribution < -0.4 is 16.4 Å². The third-order valence-corrected chi connectivity index (χ3v) is 3.34. The van der Waals surface area contributed by atoms with Crippen LogP contribution in [0.3, 0.4) is 0 Å². The average molecular weight is 271 g/mol. The zero-order valence-electron chi connectivity index (χ0n) is 10.9. The van der Waals surface area contributed by atoms with Crippen molar-refractivity contribution in [3.63, 3.8) is 0 Å². The molecule has 1 atom stereocenters. The van der Waals surface area contributed by atoms with Crippen molar-refractivity contribution in [3.8, 4) is 0 Å². The first-order valence-corrected chi connectivity index (χ1v) is 6.53. The maximum Gasteiger partial charge on any atom is 0.326 e. The molecule has 0 spiro atoms. The molecule has 0 aromatic carbocycles. The molecule has 0 aromatic rings. The molecule has 5 N–H and O–H groups in total. The minimum absolute atomic E-state index is 0.0274. The first-order valence-electron chi connectivity index (χ1n) is 6.53. The molecule has 0 radical (unpaired) electrons. The van der Waals surface area contributed by atoms with Crippen LogP contribution in [0, 0.1) is 5.92 Å². The second kappa shape index (κ2) is 7.73. The van der Waals surface area contributed by atoms with E-state index in [1.807, 2.05) is 0 Å². The Morgan fingerprint density at radius 3 is 2.32 bits per heavy atom. The highest BCUT2D eigenvalue weighted by molar-refractivity contribution is 5.88. The van der Waals surface area contributed by atoms with Crippen LogP contribution in [-0.4, -0.2) is 42.0 Å². The molecule has 1 unspecified atom stereocenters. The standard InChI is InChI=1S/C12H21N3O4/c13-6-9(16)14-7-10(17)15-11(12(18)19)8-4-2-1-3-5-8/h8,11H,1-7,13H2,(H,14,16)(H,15,17)(H,18,19). The first-order chi connectivity index (χ1) is 9.04. The van der Waals surface area contributed by atoms with Crippen molar-refractivity contribution in [2.75, 3.05) is 13.1 Å². The molecule has 0 aliphatic heterocycles. The second-order valence-electron chi connectivity index (χ2n) is 4.76. The number of carbonyl (C=O) groups is 3. The van der Waals surface area contributed by atoms with Gasteiger partial charge < -0.3 is 21.5 Å². The summed E-state index contributed by atoms with van der Waals surface area (Å²) in [5, 5.41) is 14.0. The molecule has 0 saturated heterocycles. The summed E-state index contributed by atoms with van der Waals surface area (Å²) >= 11 is 0. The molecule has 2 amide bonds. The largest absolute Gasteiger partial charge is 0.480 e. The molecule has 0 heterocycles. The molecule has 19 heavy (non-hydrogen) atoms. The van der Waals surface area contributed by atoms with Gasteiger partial charge in [-0.3, -0.25) is 9.59 Å². The van der Waals surface area contributed by atoms with E-state index >= 15 is 0 Å². The minimum atomic E-state index is -1.02. The molecule has 1 aliphatic carbocycles. The van der Waals surface area contributed by atoms with Gasteiger partial charge >= 0.3 is 5.97 Å². The highest BCUT2D eigenvalue weighted by Crippen LogP contribution is 2.26. The van der Waals surface area contributed by atoms with E-state index in [2.05, 4.69) is 10.6 Å². The van der Waals surface area contributed by atoms with Crippen molar-refractivity contribution in [2.45, 2.75) is 38.1 Å². The number of rotatable bonds is 6. The lowest BCUT2D eigenvalue weighted by atomic mass is 9.84. The maximum atomic E-state index is 11.6. The summed E-state index contributed by atoms with van der Waals surface area (Å²) < 4.78 is 0. The summed E-state index contributed by atoms with van der Waals surface area (Å²) in [6, 6.07) is -0.873. The summed E-state index contributed by atoms with van der Waals surface area (Å²) in [6.07, 6.45) is 4.73. The van der Waals surface area contributed by atoms with Crippen molar-refractivity contribution in [3.05, 3.63) is 0 Å². The van der Waals surface area contributed by atoms with E-state index in [4.69, 9.17) is 5.73 Å². The maximum absolute atomic E-state index is 11.6. The van der Waals surface area contributed by atoms with E-state index in [1.165, 1.54) is 0 Å². The molecular formula is C12H21N3O4. The summed E-state index contributed by atoms with van der Waals surface area (Å²) in [5.74, 6) is -2.00. The number of hydrogen-bond donors (Lipinski definition) is 4. The second-order valence-corrected chi connectivity index (χ2v) is 4.76. The molecule has 1 fully saturated rings. The number of nitrogens with two attached hydrogens (primary N) is 1. The smallest absolute Gasteiger partial charge is 0.326 e. The highest BCUT2D eigenvalue weighted by Gasteiger charge is 2.30. The molecule has 7 nitrogen and oxygen atoms in total. The number of amides is 2. The molecule has 1 aliphatic rings. The number of carboxylic acids is 1. The predicted molar refractivity (Wildman–Crippen MR) is 68.2 cm³/mol. The van der Waals surface area contributed by atoms with E-state index in [-0.39, 0.29) is 19.0 Å². The van der Waals surface area contributed by atoms with E-state index in [0.717, 1.165) is 32.1 Å². The van der Waals surface area contributed by atoms with Crippen molar-refractivity contribution >= 4 is 17.8 Å². The molecule has 0 bridgehead atoms. The minimum Gasteiger partial charge on any atom is -0.480 e. The van der Waals surface area contributed by atoms with Crippen molar-refractivity contribution < 1.29 is 19.5 Å². The fourth-order valence-corrected chi connectivity index (χ4v) is 2.32. The van der Waals surface area contributed by atoms with Gasteiger partial charge in [0.1, 0.15) is 6.04 Å². The summed E-state index contributed by atoms with van der Waals surface area (Å²) in [4.78, 5) is 33.7. The number of nitrogens with one attached hydrogen (secondary N) is 2. The Balaban J connectivity index is 2.46. The summed E-state index contributed by atoms with van der Waals surface area (Å²) in [7, 11) is 0. The average Bonchev–Trinajstić information content (AvgIpc) is 2.42. The molecule has 108 valence electrons. The Bertz CT molecular complexity index is 340. The van der Waals surface area contributed by atoms with Gasteiger partial charge in [0, 0.05) is 0 Å². The van der Waals surface area contributed by atoms with Gasteiger partial charge in [-0.2, -0.15) is 0 Å². The van der Waals surface area contributed by atoms with Crippen LogP contribution in [0.25, 0.3) is 0 Å². The highest BCUT2D eigenvalue weighted by atomic mass is 16.4. The van der Waals surface area contributed by atoms with Gasteiger partial charge in [-0.05, 0) is 18.8 Å². The van der Waals surface area contributed by atoms with Gasteiger partial charge in [0.25, 0.3) is 0 Å². The van der Waals surface area contributed by atoms with E-state index < -0.39 is 23.8 Å². The van der Waals surface area contributed by atoms with Crippen LogP contribution in [-0.2, 0) is 14.4 Å². The molecule has 0 aromatic heterocycles. The lowest BCUT2D eigenvalue weighted by Gasteiger charge is -2.28. The van der Waals surface area contributed by atoms with Crippen LogP contribution in [0.4, 0.5) is 0 Å². The van der Waals surface area contributed by atoms with Gasteiger partial charge in [0.05, 0.1) is 13.1 Å². The van der Waals surface area contributed by atoms with Crippen molar-refractivity contribution in [2.24, 2.45) is 11.7 Å². The SMILES string of the molecule is NCC(=O)NCC(=O)NC(C(=O)O)C1CCCCC1. The fraction of sp³-hybridized carbons (Fsp3) is 0.750. The van der Waals surface area contributed by atoms with Crippen molar-refractivity contribution in [1.29, 1.82) is 0 Å². The van der Waals surface area contributed by atoms with Gasteiger partial charge in [0.2, 0.25) is 11.8 Å². The van der Waals surface area contributed by atoms with Gasteiger partial charge in [-0.25, -0.2) is 4.79 Å². The lowest BCUT2D eigenvalue weighted by molar-refractivity contribution is -0.143. The summed E-state index contributed by atoms with van der Waals surface area (Å²) in [5.41, 5.74) is 5.09. The number of carboxylic acid groups (broad SMARTS) is 1. The Morgan fingerprint density at radius 1 is 1.16 bits per heavy atom. The van der Waals surface area contributed by atoms with E-state index in [9.17, 15) is 19.5 Å². The van der Waals surface area contributed by atoms with E-state index in [0.29, 0.717) is 0 Å². The Hall–Kier alpha value is -1.63. The monoisotopic (exact) mass is 271 g/mol. The first kappa shape index (κ1) is 15.4. The topological polar surface area (TPSA) is 122 Å². The Morgan fingerprint density at radius 2 is 1.79 bits per heavy atom. The van der Waals surface area contributed by atoms with E-state index in [1.54, 1.807) is 0 Å². The molecule has 1 rings (SSSR count). The normalized spacial score (nSPS) is 17.5. The van der Waals surface area contributed by atoms with Crippen LogP contribution >= 0.6 is 0 Å².